The Morgan fingerprint density at radius 2 is 1.95 bits per heavy atom. The summed E-state index contributed by atoms with van der Waals surface area (Å²) in [7, 11) is 0. The van der Waals surface area contributed by atoms with Crippen LogP contribution in [0.3, 0.4) is 0 Å². The predicted molar refractivity (Wildman–Crippen MR) is 75.5 cm³/mol. The number of pyridine rings is 1. The number of hydrogen-bond donors (Lipinski definition) is 2. The van der Waals surface area contributed by atoms with Crippen LogP contribution >= 0.6 is 0 Å². The fourth-order valence-electron chi connectivity index (χ4n) is 3.20. The van der Waals surface area contributed by atoms with Crippen LogP contribution in [-0.4, -0.2) is 22.1 Å². The zero-order valence-electron chi connectivity index (χ0n) is 11.8. The topological polar surface area (TPSA) is 62.2 Å². The fraction of sp³-hybridized carbons (Fsp3) is 0.600. The molecule has 0 aliphatic heterocycles. The number of aromatic nitrogens is 1. The standard InChI is InChI=1S/C15H22N2O2/c1-9-6-10(2)8-12(7-9)17-14-13(15(18)19)11(3)4-5-16-14/h4-5,9-10,12H,6-8H2,1-3H3,(H,16,17)(H,18,19). The van der Waals surface area contributed by atoms with E-state index in [1.807, 2.05) is 6.92 Å². The van der Waals surface area contributed by atoms with E-state index in [0.29, 0.717) is 29.3 Å². The molecule has 104 valence electrons. The molecule has 0 amide bonds. The molecule has 1 saturated carbocycles. The number of rotatable bonds is 3. The molecule has 0 spiro atoms. The van der Waals surface area contributed by atoms with E-state index >= 15 is 0 Å². The third kappa shape index (κ3) is 3.25. The summed E-state index contributed by atoms with van der Waals surface area (Å²) in [6.07, 6.45) is 5.09. The first kappa shape index (κ1) is 13.8. The summed E-state index contributed by atoms with van der Waals surface area (Å²) in [5.41, 5.74) is 1.05. The van der Waals surface area contributed by atoms with E-state index in [1.165, 1.54) is 6.42 Å². The maximum atomic E-state index is 11.3. The Labute approximate surface area is 114 Å². The van der Waals surface area contributed by atoms with E-state index < -0.39 is 5.97 Å². The molecule has 1 aliphatic rings. The van der Waals surface area contributed by atoms with Gasteiger partial charge in [0, 0.05) is 12.2 Å². The molecule has 1 aromatic rings. The first-order valence-electron chi connectivity index (χ1n) is 6.92. The van der Waals surface area contributed by atoms with E-state index in [9.17, 15) is 9.90 Å². The smallest absolute Gasteiger partial charge is 0.339 e. The number of carboxylic acids is 1. The first-order chi connectivity index (χ1) is 8.97. The molecule has 1 fully saturated rings. The molecule has 2 rings (SSSR count). The van der Waals surface area contributed by atoms with Crippen LogP contribution in [0.4, 0.5) is 5.82 Å². The number of nitrogens with zero attached hydrogens (tertiary/aromatic N) is 1. The Hall–Kier alpha value is -1.58. The molecule has 2 atom stereocenters. The van der Waals surface area contributed by atoms with Crippen LogP contribution in [-0.2, 0) is 0 Å². The van der Waals surface area contributed by atoms with Gasteiger partial charge in [0.05, 0.1) is 0 Å². The van der Waals surface area contributed by atoms with Crippen LogP contribution in [0.1, 0.15) is 49.0 Å². The van der Waals surface area contributed by atoms with Gasteiger partial charge in [-0.2, -0.15) is 0 Å². The van der Waals surface area contributed by atoms with E-state index in [4.69, 9.17) is 0 Å². The second-order valence-electron chi connectivity index (χ2n) is 5.92. The minimum atomic E-state index is -0.912. The lowest BCUT2D eigenvalue weighted by atomic mass is 9.80. The summed E-state index contributed by atoms with van der Waals surface area (Å²) in [6, 6.07) is 2.06. The van der Waals surface area contributed by atoms with Gasteiger partial charge in [-0.25, -0.2) is 9.78 Å². The van der Waals surface area contributed by atoms with Crippen LogP contribution < -0.4 is 5.32 Å². The fourth-order valence-corrected chi connectivity index (χ4v) is 3.20. The second kappa shape index (κ2) is 5.59. The van der Waals surface area contributed by atoms with Crippen LogP contribution in [0, 0.1) is 18.8 Å². The Morgan fingerprint density at radius 1 is 1.32 bits per heavy atom. The molecule has 2 unspecified atom stereocenters. The number of aromatic carboxylic acids is 1. The van der Waals surface area contributed by atoms with Gasteiger partial charge >= 0.3 is 5.97 Å². The number of hydrogen-bond acceptors (Lipinski definition) is 3. The average molecular weight is 262 g/mol. The van der Waals surface area contributed by atoms with Crippen LogP contribution in [0.5, 0.6) is 0 Å². The summed E-state index contributed by atoms with van der Waals surface area (Å²) in [4.78, 5) is 15.5. The largest absolute Gasteiger partial charge is 0.478 e. The van der Waals surface area contributed by atoms with Gasteiger partial charge in [0.2, 0.25) is 0 Å². The number of aryl methyl sites for hydroxylation is 1. The number of nitrogens with one attached hydrogen (secondary N) is 1. The van der Waals surface area contributed by atoms with Crippen LogP contribution in [0.15, 0.2) is 12.3 Å². The Balaban J connectivity index is 2.19. The average Bonchev–Trinajstić information content (AvgIpc) is 2.26. The molecule has 1 heterocycles. The normalized spacial score (nSPS) is 27.0. The van der Waals surface area contributed by atoms with Crippen molar-refractivity contribution in [1.82, 2.24) is 4.98 Å². The van der Waals surface area contributed by atoms with Crippen molar-refractivity contribution in [3.05, 3.63) is 23.4 Å². The molecule has 0 saturated heterocycles. The molecular weight excluding hydrogens is 240 g/mol. The van der Waals surface area contributed by atoms with Crippen molar-refractivity contribution >= 4 is 11.8 Å². The van der Waals surface area contributed by atoms with Gasteiger partial charge in [-0.05, 0) is 49.7 Å². The lowest BCUT2D eigenvalue weighted by molar-refractivity contribution is 0.0696. The first-order valence-corrected chi connectivity index (χ1v) is 6.92. The minimum Gasteiger partial charge on any atom is -0.478 e. The van der Waals surface area contributed by atoms with Gasteiger partial charge in [-0.15, -0.1) is 0 Å². The zero-order chi connectivity index (χ0) is 14.0. The van der Waals surface area contributed by atoms with E-state index in [-0.39, 0.29) is 0 Å². The lowest BCUT2D eigenvalue weighted by Crippen LogP contribution is -2.31. The van der Waals surface area contributed by atoms with Crippen molar-refractivity contribution in [2.75, 3.05) is 5.32 Å². The Morgan fingerprint density at radius 3 is 2.53 bits per heavy atom. The molecule has 4 heteroatoms. The molecule has 0 radical (unpaired) electrons. The van der Waals surface area contributed by atoms with Crippen molar-refractivity contribution in [3.63, 3.8) is 0 Å². The Kier molecular flexibility index (Phi) is 4.08. The summed E-state index contributed by atoms with van der Waals surface area (Å²) >= 11 is 0. The van der Waals surface area contributed by atoms with Crippen molar-refractivity contribution in [1.29, 1.82) is 0 Å². The molecule has 1 aromatic heterocycles. The summed E-state index contributed by atoms with van der Waals surface area (Å²) in [5.74, 6) is 0.961. The van der Waals surface area contributed by atoms with Gasteiger partial charge in [0.15, 0.2) is 0 Å². The van der Waals surface area contributed by atoms with E-state index in [1.54, 1.807) is 12.3 Å². The highest BCUT2D eigenvalue weighted by molar-refractivity contribution is 5.94. The Bertz CT molecular complexity index is 463. The zero-order valence-corrected chi connectivity index (χ0v) is 11.8. The highest BCUT2D eigenvalue weighted by Crippen LogP contribution is 2.31. The molecule has 2 N–H and O–H groups in total. The van der Waals surface area contributed by atoms with Gasteiger partial charge in [-0.3, -0.25) is 0 Å². The van der Waals surface area contributed by atoms with Crippen molar-refractivity contribution in [3.8, 4) is 0 Å². The predicted octanol–water partition coefficient (Wildman–Crippen LogP) is 3.32. The highest BCUT2D eigenvalue weighted by Gasteiger charge is 2.25. The highest BCUT2D eigenvalue weighted by atomic mass is 16.4. The van der Waals surface area contributed by atoms with Gasteiger partial charge in [0.1, 0.15) is 11.4 Å². The van der Waals surface area contributed by atoms with Crippen molar-refractivity contribution in [2.24, 2.45) is 11.8 Å². The third-order valence-electron chi connectivity index (χ3n) is 3.89. The summed E-state index contributed by atoms with van der Waals surface area (Å²) < 4.78 is 0. The van der Waals surface area contributed by atoms with Gasteiger partial charge in [0.25, 0.3) is 0 Å². The molecule has 19 heavy (non-hydrogen) atoms. The molecule has 1 aliphatic carbocycles. The molecular formula is C15H22N2O2. The number of anilines is 1. The van der Waals surface area contributed by atoms with E-state index in [0.717, 1.165) is 18.4 Å². The quantitative estimate of drug-likeness (QED) is 0.877. The maximum Gasteiger partial charge on any atom is 0.339 e. The van der Waals surface area contributed by atoms with Crippen LogP contribution in [0.2, 0.25) is 0 Å². The van der Waals surface area contributed by atoms with Crippen molar-refractivity contribution < 1.29 is 9.90 Å². The molecule has 0 bridgehead atoms. The van der Waals surface area contributed by atoms with Gasteiger partial charge < -0.3 is 10.4 Å². The minimum absolute atomic E-state index is 0.299. The summed E-state index contributed by atoms with van der Waals surface area (Å²) in [6.45, 7) is 6.32. The SMILES string of the molecule is Cc1ccnc(NC2CC(C)CC(C)C2)c1C(=O)O. The lowest BCUT2D eigenvalue weighted by Gasteiger charge is -2.32. The van der Waals surface area contributed by atoms with Crippen molar-refractivity contribution in [2.45, 2.75) is 46.1 Å². The molecule has 4 nitrogen and oxygen atoms in total. The molecule has 0 aromatic carbocycles. The van der Waals surface area contributed by atoms with E-state index in [2.05, 4.69) is 24.1 Å². The summed E-state index contributed by atoms with van der Waals surface area (Å²) in [5, 5.41) is 12.6. The second-order valence-corrected chi connectivity index (χ2v) is 5.92. The third-order valence-corrected chi connectivity index (χ3v) is 3.89. The van der Waals surface area contributed by atoms with Crippen LogP contribution in [0.25, 0.3) is 0 Å². The van der Waals surface area contributed by atoms with Gasteiger partial charge in [-0.1, -0.05) is 13.8 Å². The maximum absolute atomic E-state index is 11.3. The number of carboxylic acid groups (broad SMARTS) is 1. The number of carbonyl (C=O) groups is 1. The monoisotopic (exact) mass is 262 g/mol.